The molecule has 1 unspecified atom stereocenters. The predicted molar refractivity (Wildman–Crippen MR) is 77.5 cm³/mol. The Balaban J connectivity index is 2.27. The van der Waals surface area contributed by atoms with Crippen LogP contribution in [0.25, 0.3) is 0 Å². The lowest BCUT2D eigenvalue weighted by Gasteiger charge is -2.13. The van der Waals surface area contributed by atoms with Crippen molar-refractivity contribution in [3.05, 3.63) is 50.1 Å². The van der Waals surface area contributed by atoms with Gasteiger partial charge >= 0.3 is 5.97 Å². The standard InChI is InChI=1S/C12H9BrClNO2S/c13-8-6-9(18-11(8)14)10(12(16)17)15-7-4-2-1-3-5-7/h1-6,10,15H,(H,16,17). The molecule has 2 N–H and O–H groups in total. The molecule has 6 heteroatoms. The molecule has 0 spiro atoms. The van der Waals surface area contributed by atoms with Gasteiger partial charge in [0.15, 0.2) is 6.04 Å². The van der Waals surface area contributed by atoms with E-state index in [1.807, 2.05) is 30.3 Å². The third-order valence-corrected chi connectivity index (χ3v) is 4.82. The van der Waals surface area contributed by atoms with Gasteiger partial charge < -0.3 is 10.4 Å². The summed E-state index contributed by atoms with van der Waals surface area (Å²) in [5.41, 5.74) is 0.755. The molecule has 0 saturated carbocycles. The number of hydrogen-bond acceptors (Lipinski definition) is 3. The second-order valence-electron chi connectivity index (χ2n) is 3.55. The number of benzene rings is 1. The number of halogens is 2. The lowest BCUT2D eigenvalue weighted by molar-refractivity contribution is -0.138. The molecule has 0 fully saturated rings. The molecule has 1 aromatic heterocycles. The summed E-state index contributed by atoms with van der Waals surface area (Å²) in [5, 5.41) is 12.2. The first-order valence-corrected chi connectivity index (χ1v) is 7.06. The Hall–Kier alpha value is -1.04. The molecule has 1 aromatic carbocycles. The highest BCUT2D eigenvalue weighted by molar-refractivity contribution is 9.10. The van der Waals surface area contributed by atoms with E-state index in [-0.39, 0.29) is 0 Å². The Labute approximate surface area is 122 Å². The molecular weight excluding hydrogens is 338 g/mol. The Morgan fingerprint density at radius 2 is 2.06 bits per heavy atom. The Bertz CT molecular complexity index is 539. The lowest BCUT2D eigenvalue weighted by Crippen LogP contribution is -2.19. The molecule has 0 bridgehead atoms. The van der Waals surface area contributed by atoms with Crippen molar-refractivity contribution < 1.29 is 9.90 Å². The first-order chi connectivity index (χ1) is 8.58. The van der Waals surface area contributed by atoms with Gasteiger partial charge in [-0.3, -0.25) is 0 Å². The Kier molecular flexibility index (Phi) is 4.27. The molecule has 0 aliphatic heterocycles. The summed E-state index contributed by atoms with van der Waals surface area (Å²) in [4.78, 5) is 12.0. The molecule has 0 radical (unpaired) electrons. The molecule has 0 aliphatic rings. The molecule has 1 atom stereocenters. The van der Waals surface area contributed by atoms with Crippen LogP contribution in [0.5, 0.6) is 0 Å². The first kappa shape index (κ1) is 13.4. The number of carbonyl (C=O) groups is 1. The number of aliphatic carboxylic acids is 1. The van der Waals surface area contributed by atoms with Crippen molar-refractivity contribution in [3.63, 3.8) is 0 Å². The molecule has 0 amide bonds. The van der Waals surface area contributed by atoms with Crippen molar-refractivity contribution in [2.24, 2.45) is 0 Å². The van der Waals surface area contributed by atoms with Gasteiger partial charge in [-0.25, -0.2) is 4.79 Å². The fourth-order valence-electron chi connectivity index (χ4n) is 1.46. The van der Waals surface area contributed by atoms with E-state index >= 15 is 0 Å². The van der Waals surface area contributed by atoms with Gasteiger partial charge in [0.25, 0.3) is 0 Å². The van der Waals surface area contributed by atoms with E-state index in [1.54, 1.807) is 6.07 Å². The van der Waals surface area contributed by atoms with E-state index in [9.17, 15) is 9.90 Å². The van der Waals surface area contributed by atoms with Gasteiger partial charge in [0.05, 0.1) is 0 Å². The van der Waals surface area contributed by atoms with Crippen molar-refractivity contribution >= 4 is 50.5 Å². The van der Waals surface area contributed by atoms with Crippen LogP contribution in [0.15, 0.2) is 40.9 Å². The monoisotopic (exact) mass is 345 g/mol. The highest BCUT2D eigenvalue weighted by atomic mass is 79.9. The van der Waals surface area contributed by atoms with Crippen molar-refractivity contribution in [2.45, 2.75) is 6.04 Å². The fourth-order valence-corrected chi connectivity index (χ4v) is 3.24. The van der Waals surface area contributed by atoms with Gasteiger partial charge in [-0.05, 0) is 34.1 Å². The normalized spacial score (nSPS) is 12.1. The van der Waals surface area contributed by atoms with Crippen LogP contribution in [0.3, 0.4) is 0 Å². The van der Waals surface area contributed by atoms with Gasteiger partial charge in [0, 0.05) is 15.0 Å². The van der Waals surface area contributed by atoms with Crippen molar-refractivity contribution in [1.82, 2.24) is 0 Å². The van der Waals surface area contributed by atoms with Crippen LogP contribution in [0.4, 0.5) is 5.69 Å². The number of carboxylic acid groups (broad SMARTS) is 1. The number of hydrogen-bond donors (Lipinski definition) is 2. The lowest BCUT2D eigenvalue weighted by atomic mass is 10.2. The van der Waals surface area contributed by atoms with E-state index in [0.717, 1.165) is 5.69 Å². The predicted octanol–water partition coefficient (Wildman–Crippen LogP) is 4.40. The fraction of sp³-hybridized carbons (Fsp3) is 0.0833. The molecule has 3 nitrogen and oxygen atoms in total. The molecule has 0 saturated heterocycles. The summed E-state index contributed by atoms with van der Waals surface area (Å²) in [6.07, 6.45) is 0. The third kappa shape index (κ3) is 3.04. The second-order valence-corrected chi connectivity index (χ2v) is 6.09. The maximum Gasteiger partial charge on any atom is 0.331 e. The molecular formula is C12H9BrClNO2S. The maximum atomic E-state index is 11.3. The summed E-state index contributed by atoms with van der Waals surface area (Å²) >= 11 is 10.5. The van der Waals surface area contributed by atoms with Gasteiger partial charge in [-0.2, -0.15) is 0 Å². The number of carboxylic acids is 1. The topological polar surface area (TPSA) is 49.3 Å². The van der Waals surface area contributed by atoms with Crippen molar-refractivity contribution in [3.8, 4) is 0 Å². The quantitative estimate of drug-likeness (QED) is 0.862. The van der Waals surface area contributed by atoms with E-state index in [1.165, 1.54) is 11.3 Å². The SMILES string of the molecule is O=C(O)C(Nc1ccccc1)c1cc(Br)c(Cl)s1. The molecule has 2 rings (SSSR count). The van der Waals surface area contributed by atoms with Crippen LogP contribution < -0.4 is 5.32 Å². The van der Waals surface area contributed by atoms with Gasteiger partial charge in [0.1, 0.15) is 4.34 Å². The zero-order valence-corrected chi connectivity index (χ0v) is 12.2. The number of thiophene rings is 1. The summed E-state index contributed by atoms with van der Waals surface area (Å²) in [7, 11) is 0. The average Bonchev–Trinajstić information content (AvgIpc) is 2.67. The van der Waals surface area contributed by atoms with E-state index < -0.39 is 12.0 Å². The van der Waals surface area contributed by atoms with E-state index in [0.29, 0.717) is 13.7 Å². The summed E-state index contributed by atoms with van der Waals surface area (Å²) < 4.78 is 1.26. The van der Waals surface area contributed by atoms with Crippen LogP contribution in [-0.2, 0) is 4.79 Å². The van der Waals surface area contributed by atoms with Crippen LogP contribution in [0.2, 0.25) is 4.34 Å². The van der Waals surface area contributed by atoms with Crippen LogP contribution in [0, 0.1) is 0 Å². The summed E-state index contributed by atoms with van der Waals surface area (Å²) in [6.45, 7) is 0. The number of para-hydroxylation sites is 1. The number of rotatable bonds is 4. The van der Waals surface area contributed by atoms with E-state index in [4.69, 9.17) is 11.6 Å². The van der Waals surface area contributed by atoms with Crippen molar-refractivity contribution in [1.29, 1.82) is 0 Å². The number of anilines is 1. The minimum absolute atomic E-state index is 0.547. The second kappa shape index (κ2) is 5.73. The summed E-state index contributed by atoms with van der Waals surface area (Å²) in [6, 6.07) is 10.1. The average molecular weight is 347 g/mol. The third-order valence-electron chi connectivity index (χ3n) is 2.28. The van der Waals surface area contributed by atoms with Crippen LogP contribution in [0.1, 0.15) is 10.9 Å². The highest BCUT2D eigenvalue weighted by Crippen LogP contribution is 2.36. The number of nitrogens with one attached hydrogen (secondary N) is 1. The maximum absolute atomic E-state index is 11.3. The van der Waals surface area contributed by atoms with E-state index in [2.05, 4.69) is 21.2 Å². The molecule has 94 valence electrons. The summed E-state index contributed by atoms with van der Waals surface area (Å²) in [5.74, 6) is -0.940. The van der Waals surface area contributed by atoms with Crippen LogP contribution >= 0.6 is 38.9 Å². The molecule has 0 aliphatic carbocycles. The van der Waals surface area contributed by atoms with Gasteiger partial charge in [-0.1, -0.05) is 29.8 Å². The highest BCUT2D eigenvalue weighted by Gasteiger charge is 2.22. The minimum Gasteiger partial charge on any atom is -0.479 e. The molecule has 2 aromatic rings. The largest absolute Gasteiger partial charge is 0.479 e. The van der Waals surface area contributed by atoms with Gasteiger partial charge in [-0.15, -0.1) is 11.3 Å². The van der Waals surface area contributed by atoms with Crippen molar-refractivity contribution in [2.75, 3.05) is 5.32 Å². The Morgan fingerprint density at radius 1 is 1.39 bits per heavy atom. The molecule has 18 heavy (non-hydrogen) atoms. The minimum atomic E-state index is -0.940. The smallest absolute Gasteiger partial charge is 0.331 e. The van der Waals surface area contributed by atoms with Gasteiger partial charge in [0.2, 0.25) is 0 Å². The zero-order chi connectivity index (χ0) is 13.1. The first-order valence-electron chi connectivity index (χ1n) is 5.07. The van der Waals surface area contributed by atoms with Crippen LogP contribution in [-0.4, -0.2) is 11.1 Å². The zero-order valence-electron chi connectivity index (χ0n) is 9.06. The Morgan fingerprint density at radius 3 is 2.56 bits per heavy atom. The molecule has 1 heterocycles.